The number of rotatable bonds is 12. The Morgan fingerprint density at radius 3 is 2.43 bits per heavy atom. The Kier molecular flexibility index (Phi) is 9.37. The molecule has 8 heteroatoms. The van der Waals surface area contributed by atoms with Crippen molar-refractivity contribution in [2.24, 2.45) is 5.92 Å². The van der Waals surface area contributed by atoms with Gasteiger partial charge in [0.2, 0.25) is 5.91 Å². The zero-order chi connectivity index (χ0) is 25.4. The molecule has 7 nitrogen and oxygen atoms in total. The number of carbonyl (C=O) groups is 2. The fourth-order valence-electron chi connectivity index (χ4n) is 3.81. The van der Waals surface area contributed by atoms with Gasteiger partial charge in [-0.3, -0.25) is 9.59 Å². The molecule has 35 heavy (non-hydrogen) atoms. The van der Waals surface area contributed by atoms with Crippen LogP contribution in [0.2, 0.25) is 0 Å². The van der Waals surface area contributed by atoms with E-state index >= 15 is 0 Å². The molecule has 3 aromatic rings. The van der Waals surface area contributed by atoms with Crippen LogP contribution in [0.5, 0.6) is 11.5 Å². The smallest absolute Gasteiger partial charge is 0.290 e. The first-order valence-electron chi connectivity index (χ1n) is 11.7. The molecule has 0 aliphatic rings. The van der Waals surface area contributed by atoms with Crippen LogP contribution in [0.1, 0.15) is 40.4 Å². The molecule has 188 valence electrons. The minimum Gasteiger partial charge on any atom is -0.493 e. The summed E-state index contributed by atoms with van der Waals surface area (Å²) in [6, 6.07) is 11.1. The van der Waals surface area contributed by atoms with Crippen LogP contribution in [-0.2, 0) is 17.8 Å². The Balaban J connectivity index is 1.79. The summed E-state index contributed by atoms with van der Waals surface area (Å²) in [5.41, 5.74) is 2.19. The number of hydrogen-bond donors (Lipinski definition) is 0. The van der Waals surface area contributed by atoms with E-state index < -0.39 is 0 Å². The van der Waals surface area contributed by atoms with Crippen molar-refractivity contribution in [3.05, 3.63) is 69.8 Å². The zero-order valence-corrected chi connectivity index (χ0v) is 21.9. The summed E-state index contributed by atoms with van der Waals surface area (Å²) in [4.78, 5) is 31.1. The molecule has 0 saturated carbocycles. The SMILES string of the molecule is COc1ccc(CCN(Cc2sccc2C)C(=O)CN(CC(C)C)C(=O)c2ccco2)cc1OC. The molecule has 0 atom stereocenters. The summed E-state index contributed by atoms with van der Waals surface area (Å²) in [5.74, 6) is 1.40. The lowest BCUT2D eigenvalue weighted by Gasteiger charge is -2.28. The molecule has 3 rings (SSSR count). The van der Waals surface area contributed by atoms with E-state index in [1.807, 2.05) is 49.3 Å². The van der Waals surface area contributed by atoms with Gasteiger partial charge in [-0.1, -0.05) is 19.9 Å². The number of aryl methyl sites for hydroxylation is 1. The molecule has 2 amide bonds. The topological polar surface area (TPSA) is 72.2 Å². The number of benzene rings is 1. The molecule has 0 N–H and O–H groups in total. The number of nitrogens with zero attached hydrogens (tertiary/aromatic N) is 2. The normalized spacial score (nSPS) is 10.9. The van der Waals surface area contributed by atoms with Crippen LogP contribution in [0.25, 0.3) is 0 Å². The highest BCUT2D eigenvalue weighted by atomic mass is 32.1. The standard InChI is InChI=1S/C27H34N2O5S/c1-19(2)16-29(27(31)23-7-6-13-34-23)18-26(30)28(17-25-20(3)11-14-35-25)12-10-21-8-9-22(32-4)24(15-21)33-5/h6-9,11,13-15,19H,10,12,16-18H2,1-5H3. The Hall–Kier alpha value is -3.26. The first kappa shape index (κ1) is 26.3. The number of carbonyl (C=O) groups excluding carboxylic acids is 2. The predicted octanol–water partition coefficient (Wildman–Crippen LogP) is 5.04. The molecule has 0 bridgehead atoms. The quantitative estimate of drug-likeness (QED) is 0.350. The molecule has 0 aliphatic carbocycles. The third kappa shape index (κ3) is 7.11. The van der Waals surface area contributed by atoms with Crippen molar-refractivity contribution in [2.75, 3.05) is 33.9 Å². The molecule has 0 saturated heterocycles. The molecule has 0 radical (unpaired) electrons. The molecule has 2 heterocycles. The van der Waals surface area contributed by atoms with Crippen LogP contribution in [0.3, 0.4) is 0 Å². The first-order chi connectivity index (χ1) is 16.8. The van der Waals surface area contributed by atoms with Gasteiger partial charge >= 0.3 is 0 Å². The molecule has 1 aromatic carbocycles. The van der Waals surface area contributed by atoms with Crippen LogP contribution in [0, 0.1) is 12.8 Å². The van der Waals surface area contributed by atoms with Crippen LogP contribution >= 0.6 is 11.3 Å². The van der Waals surface area contributed by atoms with Crippen molar-refractivity contribution < 1.29 is 23.5 Å². The molecule has 0 unspecified atom stereocenters. The number of amides is 2. The Labute approximate surface area is 211 Å². The summed E-state index contributed by atoms with van der Waals surface area (Å²) in [5, 5.41) is 2.03. The number of furan rings is 1. The molecule has 0 aliphatic heterocycles. The summed E-state index contributed by atoms with van der Waals surface area (Å²) in [6.07, 6.45) is 2.12. The molecule has 2 aromatic heterocycles. The second-order valence-electron chi connectivity index (χ2n) is 8.84. The average molecular weight is 499 g/mol. The van der Waals surface area contributed by atoms with E-state index in [-0.39, 0.29) is 30.0 Å². The van der Waals surface area contributed by atoms with Gasteiger partial charge in [-0.15, -0.1) is 11.3 Å². The highest BCUT2D eigenvalue weighted by Crippen LogP contribution is 2.28. The maximum Gasteiger partial charge on any atom is 0.290 e. The number of methoxy groups -OCH3 is 2. The van der Waals surface area contributed by atoms with E-state index in [1.165, 1.54) is 6.26 Å². The summed E-state index contributed by atoms with van der Waals surface area (Å²) < 4.78 is 16.1. The monoisotopic (exact) mass is 498 g/mol. The van der Waals surface area contributed by atoms with Gasteiger partial charge in [0, 0.05) is 18.0 Å². The number of hydrogen-bond acceptors (Lipinski definition) is 6. The lowest BCUT2D eigenvalue weighted by Crippen LogP contribution is -2.44. The minimum absolute atomic E-state index is 0.00588. The molecular formula is C27H34N2O5S. The van der Waals surface area contributed by atoms with Crippen LogP contribution in [0.15, 0.2) is 52.5 Å². The van der Waals surface area contributed by atoms with Gasteiger partial charge in [0.25, 0.3) is 5.91 Å². The molecular weight excluding hydrogens is 464 g/mol. The van der Waals surface area contributed by atoms with Crippen LogP contribution in [0.4, 0.5) is 0 Å². The van der Waals surface area contributed by atoms with E-state index in [1.54, 1.807) is 42.6 Å². The number of ether oxygens (including phenoxy) is 2. The largest absolute Gasteiger partial charge is 0.493 e. The number of thiophene rings is 1. The van der Waals surface area contributed by atoms with Crippen molar-refractivity contribution in [1.29, 1.82) is 0 Å². The van der Waals surface area contributed by atoms with Gasteiger partial charge in [-0.05, 0) is 66.1 Å². The highest BCUT2D eigenvalue weighted by molar-refractivity contribution is 7.10. The van der Waals surface area contributed by atoms with Crippen molar-refractivity contribution in [3.63, 3.8) is 0 Å². The molecule has 0 spiro atoms. The Morgan fingerprint density at radius 1 is 1.06 bits per heavy atom. The second-order valence-corrected chi connectivity index (χ2v) is 9.84. The summed E-state index contributed by atoms with van der Waals surface area (Å²) in [7, 11) is 3.21. The van der Waals surface area contributed by atoms with Crippen molar-refractivity contribution >= 4 is 23.2 Å². The predicted molar refractivity (Wildman–Crippen MR) is 137 cm³/mol. The van der Waals surface area contributed by atoms with Crippen LogP contribution in [-0.4, -0.2) is 55.5 Å². The first-order valence-corrected chi connectivity index (χ1v) is 12.5. The fraction of sp³-hybridized carbons (Fsp3) is 0.407. The van der Waals surface area contributed by atoms with Gasteiger partial charge in [0.05, 0.1) is 27.0 Å². The summed E-state index contributed by atoms with van der Waals surface area (Å²) in [6.45, 7) is 7.57. The second kappa shape index (κ2) is 12.4. The maximum atomic E-state index is 13.6. The highest BCUT2D eigenvalue weighted by Gasteiger charge is 2.25. The third-order valence-electron chi connectivity index (χ3n) is 5.70. The maximum absolute atomic E-state index is 13.6. The van der Waals surface area contributed by atoms with Crippen molar-refractivity contribution in [1.82, 2.24) is 9.80 Å². The fourth-order valence-corrected chi connectivity index (χ4v) is 4.73. The van der Waals surface area contributed by atoms with Gasteiger partial charge < -0.3 is 23.7 Å². The van der Waals surface area contributed by atoms with E-state index in [9.17, 15) is 9.59 Å². The van der Waals surface area contributed by atoms with Crippen molar-refractivity contribution in [3.8, 4) is 11.5 Å². The van der Waals surface area contributed by atoms with Crippen LogP contribution < -0.4 is 9.47 Å². The lowest BCUT2D eigenvalue weighted by molar-refractivity contribution is -0.132. The van der Waals surface area contributed by atoms with E-state index in [2.05, 4.69) is 6.07 Å². The van der Waals surface area contributed by atoms with Crippen molar-refractivity contribution in [2.45, 2.75) is 33.7 Å². The lowest BCUT2D eigenvalue weighted by atomic mass is 10.1. The van der Waals surface area contributed by atoms with E-state index in [4.69, 9.17) is 13.9 Å². The molecule has 0 fully saturated rings. The van der Waals surface area contributed by atoms with Gasteiger partial charge in [0.1, 0.15) is 6.54 Å². The third-order valence-corrected chi connectivity index (χ3v) is 6.71. The van der Waals surface area contributed by atoms with Gasteiger partial charge in [-0.25, -0.2) is 0 Å². The Bertz CT molecular complexity index is 1110. The van der Waals surface area contributed by atoms with E-state index in [0.29, 0.717) is 37.6 Å². The zero-order valence-electron chi connectivity index (χ0n) is 21.1. The average Bonchev–Trinajstić information content (AvgIpc) is 3.52. The summed E-state index contributed by atoms with van der Waals surface area (Å²) >= 11 is 1.64. The Morgan fingerprint density at radius 2 is 1.83 bits per heavy atom. The van der Waals surface area contributed by atoms with E-state index in [0.717, 1.165) is 16.0 Å². The van der Waals surface area contributed by atoms with Gasteiger partial charge in [-0.2, -0.15) is 0 Å². The van der Waals surface area contributed by atoms with Gasteiger partial charge in [0.15, 0.2) is 17.3 Å². The minimum atomic E-state index is -0.274.